The first-order valence-corrected chi connectivity index (χ1v) is 12.0. The first-order chi connectivity index (χ1) is 14.6. The summed E-state index contributed by atoms with van der Waals surface area (Å²) in [5, 5.41) is 3.75. The van der Waals surface area contributed by atoms with E-state index in [0.29, 0.717) is 12.8 Å². The van der Waals surface area contributed by atoms with E-state index in [2.05, 4.69) is 20.5 Å². The van der Waals surface area contributed by atoms with Gasteiger partial charge < -0.3 is 10.2 Å². The molecule has 0 aromatic rings. The maximum absolute atomic E-state index is 12.8. The maximum Gasteiger partial charge on any atom is 0.344 e. The predicted molar refractivity (Wildman–Crippen MR) is 113 cm³/mol. The topological polar surface area (TPSA) is 85.0 Å². The number of nitrogens with one attached hydrogen (secondary N) is 2. The molecule has 4 fully saturated rings. The van der Waals surface area contributed by atoms with E-state index in [1.165, 1.54) is 38.6 Å². The molecule has 30 heavy (non-hydrogen) atoms. The van der Waals surface area contributed by atoms with E-state index in [0.717, 1.165) is 62.8 Å². The van der Waals surface area contributed by atoms with Crippen molar-refractivity contribution in [2.45, 2.75) is 76.2 Å². The van der Waals surface area contributed by atoms with Crippen LogP contribution in [-0.4, -0.2) is 77.5 Å². The van der Waals surface area contributed by atoms with Crippen LogP contribution in [0.4, 0.5) is 4.79 Å². The van der Waals surface area contributed by atoms with Gasteiger partial charge in [0.15, 0.2) is 0 Å². The summed E-state index contributed by atoms with van der Waals surface area (Å²) in [5.74, 6) is 0.252. The monoisotopic (exact) mass is 419 g/mol. The number of rotatable bonds is 5. The number of hydrazine groups is 1. The van der Waals surface area contributed by atoms with Crippen LogP contribution >= 0.6 is 0 Å². The molecule has 2 aliphatic heterocycles. The van der Waals surface area contributed by atoms with Crippen molar-refractivity contribution in [1.29, 1.82) is 0 Å². The van der Waals surface area contributed by atoms with Crippen molar-refractivity contribution < 1.29 is 14.4 Å². The van der Waals surface area contributed by atoms with Gasteiger partial charge in [0.2, 0.25) is 0 Å². The Morgan fingerprint density at radius 2 is 1.57 bits per heavy atom. The first kappa shape index (κ1) is 21.6. The molecule has 2 saturated carbocycles. The van der Waals surface area contributed by atoms with Crippen LogP contribution in [0.25, 0.3) is 0 Å². The van der Waals surface area contributed by atoms with E-state index in [-0.39, 0.29) is 18.4 Å². The van der Waals surface area contributed by atoms with Crippen LogP contribution in [0.3, 0.4) is 0 Å². The number of hydrogen-bond donors (Lipinski definition) is 2. The van der Waals surface area contributed by atoms with E-state index < -0.39 is 11.6 Å². The molecule has 1 spiro atoms. The molecule has 0 radical (unpaired) electrons. The maximum atomic E-state index is 12.8. The van der Waals surface area contributed by atoms with Crippen LogP contribution in [0.15, 0.2) is 0 Å². The number of amides is 4. The quantitative estimate of drug-likeness (QED) is 0.665. The van der Waals surface area contributed by atoms with Crippen molar-refractivity contribution in [2.24, 2.45) is 5.92 Å². The average Bonchev–Trinajstić information content (AvgIpc) is 2.89. The third-order valence-corrected chi connectivity index (χ3v) is 7.39. The molecule has 0 bridgehead atoms. The highest BCUT2D eigenvalue weighted by Gasteiger charge is 2.52. The zero-order valence-electron chi connectivity index (χ0n) is 18.2. The predicted octanol–water partition coefficient (Wildman–Crippen LogP) is 1.86. The second kappa shape index (κ2) is 9.64. The Bertz CT molecular complexity index is 643. The van der Waals surface area contributed by atoms with Gasteiger partial charge in [0, 0.05) is 19.6 Å². The molecule has 168 valence electrons. The van der Waals surface area contributed by atoms with E-state index in [1.54, 1.807) is 0 Å². The SMILES string of the molecule is O=C(CN1CCCN(CC2CCCCC2)CC1)NN1C(=O)NC2(CCCCC2)C1=O. The molecule has 0 unspecified atom stereocenters. The number of imide groups is 1. The molecule has 4 rings (SSSR count). The Labute approximate surface area is 179 Å². The fourth-order valence-electron chi connectivity index (χ4n) is 5.68. The summed E-state index contributed by atoms with van der Waals surface area (Å²) in [6.07, 6.45) is 12.2. The largest absolute Gasteiger partial charge is 0.344 e. The van der Waals surface area contributed by atoms with Gasteiger partial charge in [-0.1, -0.05) is 38.5 Å². The van der Waals surface area contributed by atoms with Gasteiger partial charge >= 0.3 is 6.03 Å². The zero-order chi connectivity index (χ0) is 21.0. The second-order valence-electron chi connectivity index (χ2n) is 9.68. The minimum Gasteiger partial charge on any atom is -0.322 e. The molecular formula is C22H37N5O3. The van der Waals surface area contributed by atoms with Gasteiger partial charge in [-0.3, -0.25) is 19.9 Å². The third-order valence-electron chi connectivity index (χ3n) is 7.39. The van der Waals surface area contributed by atoms with Gasteiger partial charge in [0.25, 0.3) is 11.8 Å². The third kappa shape index (κ3) is 4.97. The van der Waals surface area contributed by atoms with E-state index in [9.17, 15) is 14.4 Å². The lowest BCUT2D eigenvalue weighted by molar-refractivity contribution is -0.140. The highest BCUT2D eigenvalue weighted by Crippen LogP contribution is 2.33. The number of carbonyl (C=O) groups excluding carboxylic acids is 3. The second-order valence-corrected chi connectivity index (χ2v) is 9.68. The molecule has 2 saturated heterocycles. The Morgan fingerprint density at radius 3 is 2.33 bits per heavy atom. The van der Waals surface area contributed by atoms with Gasteiger partial charge in [-0.05, 0) is 51.1 Å². The average molecular weight is 420 g/mol. The molecule has 2 heterocycles. The molecule has 8 heteroatoms. The van der Waals surface area contributed by atoms with E-state index in [1.807, 2.05) is 0 Å². The van der Waals surface area contributed by atoms with Crippen LogP contribution < -0.4 is 10.7 Å². The van der Waals surface area contributed by atoms with Gasteiger partial charge in [-0.2, -0.15) is 5.01 Å². The summed E-state index contributed by atoms with van der Waals surface area (Å²) in [6.45, 7) is 5.20. The summed E-state index contributed by atoms with van der Waals surface area (Å²) in [6, 6.07) is -0.496. The van der Waals surface area contributed by atoms with Gasteiger partial charge in [0.1, 0.15) is 5.54 Å². The van der Waals surface area contributed by atoms with Gasteiger partial charge in [0.05, 0.1) is 6.54 Å². The van der Waals surface area contributed by atoms with E-state index in [4.69, 9.17) is 0 Å². The normalized spacial score (nSPS) is 26.6. The molecule has 4 amide bonds. The zero-order valence-corrected chi connectivity index (χ0v) is 18.2. The Morgan fingerprint density at radius 1 is 0.900 bits per heavy atom. The lowest BCUT2D eigenvalue weighted by Crippen LogP contribution is -2.52. The van der Waals surface area contributed by atoms with Crippen molar-refractivity contribution >= 4 is 17.8 Å². The van der Waals surface area contributed by atoms with Crippen LogP contribution in [0.5, 0.6) is 0 Å². The Hall–Kier alpha value is -1.67. The van der Waals surface area contributed by atoms with Crippen molar-refractivity contribution in [3.8, 4) is 0 Å². The summed E-state index contributed by atoms with van der Waals surface area (Å²) in [4.78, 5) is 42.4. The lowest BCUT2D eigenvalue weighted by atomic mass is 9.82. The number of carbonyl (C=O) groups is 3. The molecule has 0 aromatic heterocycles. The summed E-state index contributed by atoms with van der Waals surface area (Å²) >= 11 is 0. The summed E-state index contributed by atoms with van der Waals surface area (Å²) < 4.78 is 0. The molecular weight excluding hydrogens is 382 g/mol. The Kier molecular flexibility index (Phi) is 6.93. The minimum absolute atomic E-state index is 0.224. The first-order valence-electron chi connectivity index (χ1n) is 12.0. The van der Waals surface area contributed by atoms with Crippen molar-refractivity contribution in [3.05, 3.63) is 0 Å². The number of hydrogen-bond acceptors (Lipinski definition) is 5. The smallest absolute Gasteiger partial charge is 0.322 e. The molecule has 0 aromatic carbocycles. The fourth-order valence-corrected chi connectivity index (χ4v) is 5.68. The molecule has 4 aliphatic rings. The van der Waals surface area contributed by atoms with Gasteiger partial charge in [-0.15, -0.1) is 0 Å². The lowest BCUT2D eigenvalue weighted by Gasteiger charge is -2.30. The fraction of sp³-hybridized carbons (Fsp3) is 0.864. The molecule has 2 aliphatic carbocycles. The summed E-state index contributed by atoms with van der Waals surface area (Å²) in [5.41, 5.74) is 1.77. The molecule has 2 N–H and O–H groups in total. The van der Waals surface area contributed by atoms with Crippen molar-refractivity contribution in [3.63, 3.8) is 0 Å². The van der Waals surface area contributed by atoms with Crippen LogP contribution in [0.1, 0.15) is 70.6 Å². The van der Waals surface area contributed by atoms with Crippen molar-refractivity contribution in [1.82, 2.24) is 25.6 Å². The highest BCUT2D eigenvalue weighted by atomic mass is 16.2. The Balaban J connectivity index is 1.24. The van der Waals surface area contributed by atoms with Gasteiger partial charge in [-0.25, -0.2) is 4.79 Å². The van der Waals surface area contributed by atoms with Crippen LogP contribution in [0.2, 0.25) is 0 Å². The summed E-state index contributed by atoms with van der Waals surface area (Å²) in [7, 11) is 0. The molecule has 0 atom stereocenters. The van der Waals surface area contributed by atoms with Crippen LogP contribution in [-0.2, 0) is 9.59 Å². The molecule has 8 nitrogen and oxygen atoms in total. The highest BCUT2D eigenvalue weighted by molar-refractivity contribution is 6.08. The van der Waals surface area contributed by atoms with Crippen LogP contribution in [0, 0.1) is 5.92 Å². The standard InChI is InChI=1S/C22H37N5O3/c28-19(24-27-20(29)22(23-21(27)30)10-5-2-6-11-22)17-26-13-7-12-25(14-15-26)16-18-8-3-1-4-9-18/h18H,1-17H2,(H,23,30)(H,24,28). The van der Waals surface area contributed by atoms with E-state index >= 15 is 0 Å². The number of urea groups is 1. The van der Waals surface area contributed by atoms with Crippen molar-refractivity contribution in [2.75, 3.05) is 39.3 Å². The number of nitrogens with zero attached hydrogens (tertiary/aromatic N) is 3. The minimum atomic E-state index is -0.801.